The van der Waals surface area contributed by atoms with Crippen molar-refractivity contribution in [3.8, 4) is 0 Å². The Morgan fingerprint density at radius 3 is 2.53 bits per heavy atom. The van der Waals surface area contributed by atoms with Crippen LogP contribution in [0.1, 0.15) is 13.3 Å². The quantitative estimate of drug-likeness (QED) is 0.460. The molecule has 5 N–H and O–H groups in total. The molecule has 3 atom stereocenters. The van der Waals surface area contributed by atoms with Crippen LogP contribution >= 0.6 is 0 Å². The van der Waals surface area contributed by atoms with Crippen LogP contribution in [0.2, 0.25) is 0 Å². The van der Waals surface area contributed by atoms with Gasteiger partial charge in [0, 0.05) is 13.0 Å². The van der Waals surface area contributed by atoms with E-state index in [-0.39, 0.29) is 13.0 Å². The number of aliphatic hydroxyl groups excluding tert-OH is 1. The molecule has 1 saturated heterocycles. The number of nitrogens with zero attached hydrogens (tertiary/aromatic N) is 1. The molecule has 0 spiro atoms. The molecule has 0 radical (unpaired) electrons. The molecule has 8 heteroatoms. The summed E-state index contributed by atoms with van der Waals surface area (Å²) in [6, 6.07) is -2.84. The van der Waals surface area contributed by atoms with Gasteiger partial charge in [-0.05, 0) is 6.92 Å². The molecule has 8 nitrogen and oxygen atoms in total. The number of likely N-dealkylation sites (tertiary alicyclic amines) is 1. The molecule has 1 heterocycles. The summed E-state index contributed by atoms with van der Waals surface area (Å²) in [5.74, 6) is -1.76. The van der Waals surface area contributed by atoms with Crippen LogP contribution in [0.4, 0.5) is 4.79 Å². The van der Waals surface area contributed by atoms with Crippen molar-refractivity contribution in [2.24, 2.45) is 5.73 Å². The Morgan fingerprint density at radius 1 is 1.47 bits per heavy atom. The van der Waals surface area contributed by atoms with Crippen LogP contribution in [0.5, 0.6) is 0 Å². The summed E-state index contributed by atoms with van der Waals surface area (Å²) in [5.41, 5.74) is 4.87. The van der Waals surface area contributed by atoms with E-state index in [1.54, 1.807) is 0 Å². The maximum atomic E-state index is 11.8. The van der Waals surface area contributed by atoms with Gasteiger partial charge in [0.05, 0.1) is 6.10 Å². The fraction of sp³-hybridized carbons (Fsp3) is 0.667. The molecule has 0 aliphatic carbocycles. The maximum Gasteiger partial charge on any atom is 0.326 e. The molecule has 1 fully saturated rings. The lowest BCUT2D eigenvalue weighted by atomic mass is 10.2. The predicted molar refractivity (Wildman–Crippen MR) is 55.9 cm³/mol. The van der Waals surface area contributed by atoms with Crippen molar-refractivity contribution in [2.45, 2.75) is 31.5 Å². The van der Waals surface area contributed by atoms with E-state index in [4.69, 9.17) is 10.8 Å². The number of β-amino-alcohol motifs (C(OH)–C–C–N with tert-alkyl or cyclic N) is 1. The van der Waals surface area contributed by atoms with Crippen molar-refractivity contribution in [3.63, 3.8) is 0 Å². The molecular formula is C9H15N3O5. The van der Waals surface area contributed by atoms with Gasteiger partial charge in [0.1, 0.15) is 12.1 Å². The van der Waals surface area contributed by atoms with Crippen LogP contribution in [0, 0.1) is 0 Å². The molecule has 0 aromatic carbocycles. The highest BCUT2D eigenvalue weighted by molar-refractivity contribution is 5.90. The number of aliphatic carboxylic acids is 1. The number of primary amides is 1. The minimum Gasteiger partial charge on any atom is -0.480 e. The zero-order chi connectivity index (χ0) is 13.2. The van der Waals surface area contributed by atoms with Crippen molar-refractivity contribution in [2.75, 3.05) is 6.54 Å². The molecule has 0 saturated carbocycles. The molecule has 0 aromatic rings. The van der Waals surface area contributed by atoms with Gasteiger partial charge in [-0.3, -0.25) is 4.79 Å². The summed E-state index contributed by atoms with van der Waals surface area (Å²) in [5, 5.41) is 20.4. The smallest absolute Gasteiger partial charge is 0.326 e. The number of carboxylic acid groups (broad SMARTS) is 1. The van der Waals surface area contributed by atoms with Gasteiger partial charge in [0.25, 0.3) is 0 Å². The van der Waals surface area contributed by atoms with Gasteiger partial charge in [0.15, 0.2) is 0 Å². The first-order chi connectivity index (χ1) is 7.82. The number of urea groups is 1. The first-order valence-electron chi connectivity index (χ1n) is 5.10. The van der Waals surface area contributed by atoms with E-state index in [0.717, 1.165) is 4.90 Å². The number of carboxylic acids is 1. The highest BCUT2D eigenvalue weighted by Gasteiger charge is 2.40. The van der Waals surface area contributed by atoms with Crippen LogP contribution in [0.25, 0.3) is 0 Å². The maximum absolute atomic E-state index is 11.8. The molecule has 1 rings (SSSR count). The third kappa shape index (κ3) is 3.06. The molecule has 0 bridgehead atoms. The lowest BCUT2D eigenvalue weighted by Crippen LogP contribution is -2.51. The summed E-state index contributed by atoms with van der Waals surface area (Å²) in [6.07, 6.45) is -0.870. The number of nitrogens with one attached hydrogen (secondary N) is 1. The highest BCUT2D eigenvalue weighted by atomic mass is 16.4. The van der Waals surface area contributed by atoms with Crippen molar-refractivity contribution in [3.05, 3.63) is 0 Å². The topological polar surface area (TPSA) is 133 Å². The molecule has 1 unspecified atom stereocenters. The Morgan fingerprint density at radius 2 is 2.06 bits per heavy atom. The zero-order valence-corrected chi connectivity index (χ0v) is 9.29. The zero-order valence-electron chi connectivity index (χ0n) is 9.29. The van der Waals surface area contributed by atoms with E-state index < -0.39 is 36.1 Å². The normalized spacial score (nSPS) is 25.4. The molecule has 3 amide bonds. The highest BCUT2D eigenvalue weighted by Crippen LogP contribution is 2.19. The number of hydrogen-bond donors (Lipinski definition) is 4. The average Bonchev–Trinajstić information content (AvgIpc) is 2.58. The summed E-state index contributed by atoms with van der Waals surface area (Å²) in [7, 11) is 0. The molecular weight excluding hydrogens is 230 g/mol. The van der Waals surface area contributed by atoms with E-state index in [9.17, 15) is 19.5 Å². The van der Waals surface area contributed by atoms with E-state index in [1.807, 2.05) is 0 Å². The first-order valence-corrected chi connectivity index (χ1v) is 5.10. The third-order valence-electron chi connectivity index (χ3n) is 2.58. The summed E-state index contributed by atoms with van der Waals surface area (Å²) in [6.45, 7) is 1.34. The second-order valence-corrected chi connectivity index (χ2v) is 3.96. The van der Waals surface area contributed by atoms with Crippen molar-refractivity contribution >= 4 is 17.9 Å². The van der Waals surface area contributed by atoms with E-state index in [2.05, 4.69) is 5.32 Å². The van der Waals surface area contributed by atoms with Crippen LogP contribution in [0.15, 0.2) is 0 Å². The van der Waals surface area contributed by atoms with Crippen LogP contribution in [0.3, 0.4) is 0 Å². The number of carbonyl (C=O) groups excluding carboxylic acids is 2. The van der Waals surface area contributed by atoms with E-state index in [1.165, 1.54) is 6.92 Å². The van der Waals surface area contributed by atoms with Gasteiger partial charge in [-0.1, -0.05) is 0 Å². The standard InChI is InChI=1S/C9H15N3O5/c1-4(11-9(10)17)7(14)12-3-5(13)2-6(12)8(15)16/h4-6,13H,2-3H2,1H3,(H,15,16)(H3,10,11,17)/t4?,5-,6+/m1/s1. The number of carbonyl (C=O) groups is 3. The minimum absolute atomic E-state index is 0.00956. The van der Waals surface area contributed by atoms with Crippen LogP contribution in [-0.2, 0) is 9.59 Å². The van der Waals surface area contributed by atoms with Crippen LogP contribution in [-0.4, -0.2) is 57.8 Å². The Hall–Kier alpha value is -1.83. The molecule has 96 valence electrons. The molecule has 17 heavy (non-hydrogen) atoms. The van der Waals surface area contributed by atoms with Gasteiger partial charge < -0.3 is 26.2 Å². The Balaban J connectivity index is 2.73. The number of nitrogens with two attached hydrogens (primary N) is 1. The van der Waals surface area contributed by atoms with Gasteiger partial charge in [-0.25, -0.2) is 9.59 Å². The minimum atomic E-state index is -1.18. The van der Waals surface area contributed by atoms with Gasteiger partial charge >= 0.3 is 12.0 Å². The average molecular weight is 245 g/mol. The number of aliphatic hydroxyl groups is 1. The Kier molecular flexibility index (Phi) is 3.89. The van der Waals surface area contributed by atoms with Crippen molar-refractivity contribution in [1.29, 1.82) is 0 Å². The SMILES string of the molecule is CC(NC(N)=O)C(=O)N1C[C@H](O)C[C@H]1C(=O)O. The van der Waals surface area contributed by atoms with Crippen molar-refractivity contribution < 1.29 is 24.6 Å². The van der Waals surface area contributed by atoms with Gasteiger partial charge in [0.2, 0.25) is 5.91 Å². The predicted octanol–water partition coefficient (Wildman–Crippen LogP) is -1.91. The van der Waals surface area contributed by atoms with E-state index >= 15 is 0 Å². The largest absolute Gasteiger partial charge is 0.480 e. The van der Waals surface area contributed by atoms with Crippen molar-refractivity contribution in [1.82, 2.24) is 10.2 Å². The Labute approximate surface area is 97.4 Å². The number of rotatable bonds is 3. The summed E-state index contributed by atoms with van der Waals surface area (Å²) >= 11 is 0. The second kappa shape index (κ2) is 5.00. The molecule has 0 aromatic heterocycles. The van der Waals surface area contributed by atoms with Gasteiger partial charge in [-0.2, -0.15) is 0 Å². The lowest BCUT2D eigenvalue weighted by Gasteiger charge is -2.24. The Bertz CT molecular complexity index is 346. The number of amides is 3. The van der Waals surface area contributed by atoms with E-state index in [0.29, 0.717) is 0 Å². The van der Waals surface area contributed by atoms with Gasteiger partial charge in [-0.15, -0.1) is 0 Å². The molecule has 1 aliphatic rings. The first kappa shape index (κ1) is 13.2. The summed E-state index contributed by atoms with van der Waals surface area (Å²) in [4.78, 5) is 34.3. The monoisotopic (exact) mass is 245 g/mol. The summed E-state index contributed by atoms with van der Waals surface area (Å²) < 4.78 is 0. The second-order valence-electron chi connectivity index (χ2n) is 3.96. The molecule has 1 aliphatic heterocycles. The lowest BCUT2D eigenvalue weighted by molar-refractivity contribution is -0.148. The fourth-order valence-corrected chi connectivity index (χ4v) is 1.82. The van der Waals surface area contributed by atoms with Crippen LogP contribution < -0.4 is 11.1 Å². The third-order valence-corrected chi connectivity index (χ3v) is 2.58. The fourth-order valence-electron chi connectivity index (χ4n) is 1.82. The number of hydrogen-bond acceptors (Lipinski definition) is 4.